The Hall–Kier alpha value is -1.16. The van der Waals surface area contributed by atoms with Gasteiger partial charge in [0.15, 0.2) is 0 Å². The molecule has 0 aliphatic heterocycles. The number of aromatic nitrogens is 2. The Bertz CT molecular complexity index is 285. The molecule has 0 fully saturated rings. The summed E-state index contributed by atoms with van der Waals surface area (Å²) >= 11 is 0. The van der Waals surface area contributed by atoms with Crippen LogP contribution in [0.1, 0.15) is 32.9 Å². The number of nitrogens with zero attached hydrogens (tertiary/aromatic N) is 2. The second-order valence-electron chi connectivity index (χ2n) is 4.23. The van der Waals surface area contributed by atoms with Gasteiger partial charge in [0, 0.05) is 13.2 Å². The van der Waals surface area contributed by atoms with E-state index in [0.717, 1.165) is 31.1 Å². The van der Waals surface area contributed by atoms with E-state index in [4.69, 9.17) is 4.74 Å². The van der Waals surface area contributed by atoms with E-state index < -0.39 is 0 Å². The molecule has 1 heterocycles. The number of ether oxygens (including phenoxy) is 1. The normalized spacial score (nSPS) is 10.8. The minimum absolute atomic E-state index is 0.541. The standard InChI is InChI=1S/C12H21N3O/c1-4-5-13-12-7-14-11(6-15-12)9-16-8-10(2)3/h6-7,10H,4-5,8-9H2,1-3H3,(H,13,15). The summed E-state index contributed by atoms with van der Waals surface area (Å²) in [5, 5.41) is 3.18. The van der Waals surface area contributed by atoms with Crippen LogP contribution in [0.5, 0.6) is 0 Å². The molecule has 0 saturated carbocycles. The third-order valence-corrected chi connectivity index (χ3v) is 1.96. The lowest BCUT2D eigenvalue weighted by molar-refractivity contribution is 0.0946. The van der Waals surface area contributed by atoms with E-state index in [2.05, 4.69) is 36.1 Å². The summed E-state index contributed by atoms with van der Waals surface area (Å²) in [4.78, 5) is 8.54. The number of rotatable bonds is 7. The molecule has 0 aliphatic carbocycles. The molecule has 0 bridgehead atoms. The summed E-state index contributed by atoms with van der Waals surface area (Å²) in [7, 11) is 0. The van der Waals surface area contributed by atoms with Gasteiger partial charge in [0.25, 0.3) is 0 Å². The lowest BCUT2D eigenvalue weighted by Crippen LogP contribution is -2.05. The van der Waals surface area contributed by atoms with Crippen molar-refractivity contribution in [3.63, 3.8) is 0 Å². The summed E-state index contributed by atoms with van der Waals surface area (Å²) in [6.45, 7) is 8.61. The number of nitrogens with one attached hydrogen (secondary N) is 1. The topological polar surface area (TPSA) is 47.0 Å². The third-order valence-electron chi connectivity index (χ3n) is 1.96. The zero-order valence-electron chi connectivity index (χ0n) is 10.4. The van der Waals surface area contributed by atoms with Crippen LogP contribution in [0.25, 0.3) is 0 Å². The fourth-order valence-corrected chi connectivity index (χ4v) is 1.17. The SMILES string of the molecule is CCCNc1cnc(COCC(C)C)cn1. The molecule has 4 heteroatoms. The molecular weight excluding hydrogens is 202 g/mol. The molecule has 0 aromatic carbocycles. The Morgan fingerprint density at radius 1 is 1.31 bits per heavy atom. The minimum atomic E-state index is 0.541. The zero-order valence-corrected chi connectivity index (χ0v) is 10.4. The maximum Gasteiger partial charge on any atom is 0.144 e. The van der Waals surface area contributed by atoms with Crippen molar-refractivity contribution in [2.24, 2.45) is 5.92 Å². The molecule has 1 aromatic heterocycles. The van der Waals surface area contributed by atoms with Crippen LogP contribution in [0.4, 0.5) is 5.82 Å². The van der Waals surface area contributed by atoms with Crippen molar-refractivity contribution in [2.45, 2.75) is 33.8 Å². The summed E-state index contributed by atoms with van der Waals surface area (Å²) in [5.74, 6) is 1.38. The predicted molar refractivity (Wildman–Crippen MR) is 65.3 cm³/mol. The van der Waals surface area contributed by atoms with E-state index in [1.807, 2.05) is 0 Å². The highest BCUT2D eigenvalue weighted by atomic mass is 16.5. The van der Waals surface area contributed by atoms with Crippen molar-refractivity contribution >= 4 is 5.82 Å². The summed E-state index contributed by atoms with van der Waals surface area (Å²) < 4.78 is 5.48. The molecule has 0 spiro atoms. The Labute approximate surface area is 97.5 Å². The first-order valence-electron chi connectivity index (χ1n) is 5.85. The van der Waals surface area contributed by atoms with Gasteiger partial charge in [-0.15, -0.1) is 0 Å². The molecule has 1 rings (SSSR count). The Morgan fingerprint density at radius 3 is 2.69 bits per heavy atom. The van der Waals surface area contributed by atoms with Gasteiger partial charge < -0.3 is 10.1 Å². The van der Waals surface area contributed by atoms with Gasteiger partial charge in [0.1, 0.15) is 5.82 Å². The van der Waals surface area contributed by atoms with Crippen molar-refractivity contribution in [1.29, 1.82) is 0 Å². The first kappa shape index (κ1) is 12.9. The average Bonchev–Trinajstić information content (AvgIpc) is 2.27. The fourth-order valence-electron chi connectivity index (χ4n) is 1.17. The maximum atomic E-state index is 5.48. The van der Waals surface area contributed by atoms with Gasteiger partial charge in [0.05, 0.1) is 24.7 Å². The zero-order chi connectivity index (χ0) is 11.8. The molecule has 90 valence electrons. The van der Waals surface area contributed by atoms with E-state index in [1.165, 1.54) is 0 Å². The van der Waals surface area contributed by atoms with Gasteiger partial charge in [-0.25, -0.2) is 4.98 Å². The van der Waals surface area contributed by atoms with Crippen molar-refractivity contribution < 1.29 is 4.74 Å². The largest absolute Gasteiger partial charge is 0.375 e. The van der Waals surface area contributed by atoms with E-state index in [0.29, 0.717) is 12.5 Å². The molecule has 16 heavy (non-hydrogen) atoms. The number of hydrogen-bond acceptors (Lipinski definition) is 4. The molecule has 1 N–H and O–H groups in total. The predicted octanol–water partition coefficient (Wildman–Crippen LogP) is 2.47. The molecule has 1 aromatic rings. The average molecular weight is 223 g/mol. The maximum absolute atomic E-state index is 5.48. The molecule has 0 amide bonds. The lowest BCUT2D eigenvalue weighted by atomic mass is 10.2. The van der Waals surface area contributed by atoms with Crippen LogP contribution in [0.2, 0.25) is 0 Å². The van der Waals surface area contributed by atoms with Gasteiger partial charge in [-0.3, -0.25) is 4.98 Å². The molecule has 0 saturated heterocycles. The van der Waals surface area contributed by atoms with Gasteiger partial charge in [-0.1, -0.05) is 20.8 Å². The van der Waals surface area contributed by atoms with Crippen molar-refractivity contribution in [3.05, 3.63) is 18.1 Å². The number of hydrogen-bond donors (Lipinski definition) is 1. The van der Waals surface area contributed by atoms with E-state index in [9.17, 15) is 0 Å². The van der Waals surface area contributed by atoms with Crippen molar-refractivity contribution in [3.8, 4) is 0 Å². The van der Waals surface area contributed by atoms with Crippen molar-refractivity contribution in [1.82, 2.24) is 9.97 Å². The Balaban J connectivity index is 2.33. The van der Waals surface area contributed by atoms with Crippen LogP contribution in [-0.2, 0) is 11.3 Å². The Kier molecular flexibility index (Phi) is 5.78. The van der Waals surface area contributed by atoms with E-state index in [-0.39, 0.29) is 0 Å². The minimum Gasteiger partial charge on any atom is -0.375 e. The second-order valence-corrected chi connectivity index (χ2v) is 4.23. The highest BCUT2D eigenvalue weighted by Gasteiger charge is 1.98. The number of anilines is 1. The molecule has 0 radical (unpaired) electrons. The Morgan fingerprint density at radius 2 is 2.12 bits per heavy atom. The first-order valence-corrected chi connectivity index (χ1v) is 5.85. The third kappa shape index (κ3) is 5.07. The lowest BCUT2D eigenvalue weighted by Gasteiger charge is -2.07. The van der Waals surface area contributed by atoms with E-state index in [1.54, 1.807) is 12.4 Å². The second kappa shape index (κ2) is 7.17. The van der Waals surface area contributed by atoms with Crippen LogP contribution in [0.15, 0.2) is 12.4 Å². The molecule has 0 aliphatic rings. The van der Waals surface area contributed by atoms with Gasteiger partial charge in [0.2, 0.25) is 0 Å². The van der Waals surface area contributed by atoms with Crippen LogP contribution in [0, 0.1) is 5.92 Å². The van der Waals surface area contributed by atoms with Gasteiger partial charge in [-0.05, 0) is 12.3 Å². The highest BCUT2D eigenvalue weighted by Crippen LogP contribution is 2.03. The van der Waals surface area contributed by atoms with Crippen LogP contribution >= 0.6 is 0 Å². The fraction of sp³-hybridized carbons (Fsp3) is 0.667. The van der Waals surface area contributed by atoms with Gasteiger partial charge >= 0.3 is 0 Å². The van der Waals surface area contributed by atoms with Crippen LogP contribution < -0.4 is 5.32 Å². The first-order chi connectivity index (χ1) is 7.72. The van der Waals surface area contributed by atoms with Crippen LogP contribution in [0.3, 0.4) is 0 Å². The summed E-state index contributed by atoms with van der Waals surface area (Å²) in [6, 6.07) is 0. The quantitative estimate of drug-likeness (QED) is 0.771. The molecule has 0 atom stereocenters. The molecular formula is C12H21N3O. The van der Waals surface area contributed by atoms with Crippen LogP contribution in [-0.4, -0.2) is 23.1 Å². The highest BCUT2D eigenvalue weighted by molar-refractivity contribution is 5.30. The summed E-state index contributed by atoms with van der Waals surface area (Å²) in [5.41, 5.74) is 0.877. The smallest absolute Gasteiger partial charge is 0.144 e. The molecule has 4 nitrogen and oxygen atoms in total. The van der Waals surface area contributed by atoms with Crippen molar-refractivity contribution in [2.75, 3.05) is 18.5 Å². The van der Waals surface area contributed by atoms with Gasteiger partial charge in [-0.2, -0.15) is 0 Å². The molecule has 0 unspecified atom stereocenters. The summed E-state index contributed by atoms with van der Waals surface area (Å²) in [6.07, 6.45) is 4.60. The van der Waals surface area contributed by atoms with E-state index >= 15 is 0 Å². The monoisotopic (exact) mass is 223 g/mol.